The number of nitrogens with one attached hydrogen (secondary N) is 3. The van der Waals surface area contributed by atoms with E-state index in [0.29, 0.717) is 26.2 Å². The van der Waals surface area contributed by atoms with E-state index in [2.05, 4.69) is 16.0 Å². The summed E-state index contributed by atoms with van der Waals surface area (Å²) >= 11 is 0. The predicted octanol–water partition coefficient (Wildman–Crippen LogP) is 0.467. The Morgan fingerprint density at radius 2 is 1.77 bits per heavy atom. The third-order valence-electron chi connectivity index (χ3n) is 2.78. The lowest BCUT2D eigenvalue weighted by molar-refractivity contribution is -0.122. The summed E-state index contributed by atoms with van der Waals surface area (Å²) in [6.07, 6.45) is 0.274. The molecule has 0 atom stereocenters. The molecular formula is C15H24ClN3O3. The second kappa shape index (κ2) is 13.1. The molecule has 0 bridgehead atoms. The van der Waals surface area contributed by atoms with E-state index in [1.807, 2.05) is 30.3 Å². The van der Waals surface area contributed by atoms with Crippen molar-refractivity contribution in [3.05, 3.63) is 35.9 Å². The van der Waals surface area contributed by atoms with E-state index in [-0.39, 0.29) is 37.2 Å². The maximum Gasteiger partial charge on any atom is 0.233 e. The maximum absolute atomic E-state index is 11.6. The van der Waals surface area contributed by atoms with Crippen molar-refractivity contribution in [1.29, 1.82) is 0 Å². The number of amides is 2. The molecular weight excluding hydrogens is 306 g/mol. The Kier molecular flexibility index (Phi) is 12.1. The quantitative estimate of drug-likeness (QED) is 0.545. The molecule has 0 saturated heterocycles. The topological polar surface area (TPSA) is 79.5 Å². The molecule has 0 fully saturated rings. The van der Waals surface area contributed by atoms with Crippen LogP contribution in [-0.4, -0.2) is 45.2 Å². The van der Waals surface area contributed by atoms with Gasteiger partial charge in [-0.05, 0) is 5.56 Å². The first-order chi connectivity index (χ1) is 10.2. The summed E-state index contributed by atoms with van der Waals surface area (Å²) in [5, 5.41) is 8.43. The molecule has 3 N–H and O–H groups in total. The van der Waals surface area contributed by atoms with Crippen LogP contribution in [0.2, 0.25) is 0 Å². The average molecular weight is 330 g/mol. The normalized spacial score (nSPS) is 9.68. The molecule has 0 aliphatic heterocycles. The molecule has 0 spiro atoms. The minimum absolute atomic E-state index is 0. The lowest BCUT2D eigenvalue weighted by Crippen LogP contribution is -2.37. The highest BCUT2D eigenvalue weighted by atomic mass is 35.5. The lowest BCUT2D eigenvalue weighted by Gasteiger charge is -2.07. The van der Waals surface area contributed by atoms with Crippen molar-refractivity contribution in [3.8, 4) is 0 Å². The largest absolute Gasteiger partial charge is 0.383 e. The lowest BCUT2D eigenvalue weighted by atomic mass is 10.2. The minimum Gasteiger partial charge on any atom is -0.383 e. The van der Waals surface area contributed by atoms with Gasteiger partial charge < -0.3 is 20.7 Å². The van der Waals surface area contributed by atoms with Gasteiger partial charge in [0.05, 0.1) is 13.2 Å². The van der Waals surface area contributed by atoms with Crippen molar-refractivity contribution in [2.75, 3.05) is 33.4 Å². The van der Waals surface area contributed by atoms with Crippen molar-refractivity contribution < 1.29 is 14.3 Å². The fraction of sp³-hybridized carbons (Fsp3) is 0.467. The van der Waals surface area contributed by atoms with Gasteiger partial charge in [0, 0.05) is 33.2 Å². The molecule has 2 amide bonds. The minimum atomic E-state index is -0.123. The molecule has 7 heteroatoms. The Labute approximate surface area is 137 Å². The summed E-state index contributed by atoms with van der Waals surface area (Å²) in [6.45, 7) is 2.27. The van der Waals surface area contributed by atoms with Crippen LogP contribution < -0.4 is 16.0 Å². The van der Waals surface area contributed by atoms with Crippen molar-refractivity contribution in [2.45, 2.75) is 13.0 Å². The second-order valence-corrected chi connectivity index (χ2v) is 4.53. The second-order valence-electron chi connectivity index (χ2n) is 4.53. The zero-order valence-electron chi connectivity index (χ0n) is 12.8. The van der Waals surface area contributed by atoms with Crippen molar-refractivity contribution >= 4 is 24.2 Å². The van der Waals surface area contributed by atoms with Gasteiger partial charge >= 0.3 is 0 Å². The highest BCUT2D eigenvalue weighted by Gasteiger charge is 2.03. The molecule has 1 aromatic carbocycles. The van der Waals surface area contributed by atoms with Gasteiger partial charge in [0.1, 0.15) is 0 Å². The zero-order valence-corrected chi connectivity index (χ0v) is 13.6. The number of benzene rings is 1. The monoisotopic (exact) mass is 329 g/mol. The first kappa shape index (κ1) is 20.4. The molecule has 0 saturated carbocycles. The molecule has 0 unspecified atom stereocenters. The van der Waals surface area contributed by atoms with Gasteiger partial charge in [0.25, 0.3) is 0 Å². The SMILES string of the molecule is COCCNCC(=O)NCCC(=O)NCc1ccccc1.Cl. The number of ether oxygens (including phenoxy) is 1. The molecule has 0 radical (unpaired) electrons. The molecule has 124 valence electrons. The fourth-order valence-corrected chi connectivity index (χ4v) is 1.64. The van der Waals surface area contributed by atoms with Gasteiger partial charge in [-0.1, -0.05) is 30.3 Å². The molecule has 1 aromatic rings. The van der Waals surface area contributed by atoms with Crippen molar-refractivity contribution in [1.82, 2.24) is 16.0 Å². The number of rotatable bonds is 10. The summed E-state index contributed by atoms with van der Waals surface area (Å²) in [7, 11) is 1.61. The molecule has 0 aromatic heterocycles. The molecule has 6 nitrogen and oxygen atoms in total. The highest BCUT2D eigenvalue weighted by molar-refractivity contribution is 5.85. The van der Waals surface area contributed by atoms with Gasteiger partial charge in [-0.25, -0.2) is 0 Å². The summed E-state index contributed by atoms with van der Waals surface area (Å²) in [5.74, 6) is -0.201. The van der Waals surface area contributed by atoms with Gasteiger partial charge in [0.2, 0.25) is 11.8 Å². The molecule has 22 heavy (non-hydrogen) atoms. The Hall–Kier alpha value is -1.63. The Bertz CT molecular complexity index is 429. The van der Waals surface area contributed by atoms with Crippen LogP contribution in [0, 0.1) is 0 Å². The standard InChI is InChI=1S/C15H23N3O3.ClH/c1-21-10-9-16-12-15(20)17-8-7-14(19)18-11-13-5-3-2-4-6-13;/h2-6,16H,7-12H2,1H3,(H,17,20)(H,18,19);1H. The van der Waals surface area contributed by atoms with E-state index in [1.165, 1.54) is 0 Å². The maximum atomic E-state index is 11.6. The predicted molar refractivity (Wildman–Crippen MR) is 87.9 cm³/mol. The van der Waals surface area contributed by atoms with E-state index in [4.69, 9.17) is 4.74 Å². The van der Waals surface area contributed by atoms with E-state index in [0.717, 1.165) is 5.56 Å². The Morgan fingerprint density at radius 1 is 1.05 bits per heavy atom. The first-order valence-corrected chi connectivity index (χ1v) is 6.99. The summed E-state index contributed by atoms with van der Waals surface area (Å²) in [6, 6.07) is 9.69. The summed E-state index contributed by atoms with van der Waals surface area (Å²) in [4.78, 5) is 23.0. The Morgan fingerprint density at radius 3 is 2.45 bits per heavy atom. The highest BCUT2D eigenvalue weighted by Crippen LogP contribution is 1.97. The Balaban J connectivity index is 0.00000441. The smallest absolute Gasteiger partial charge is 0.233 e. The summed E-state index contributed by atoms with van der Waals surface area (Å²) in [5.41, 5.74) is 1.05. The van der Waals surface area contributed by atoms with E-state index < -0.39 is 0 Å². The fourth-order valence-electron chi connectivity index (χ4n) is 1.64. The number of halogens is 1. The third kappa shape index (κ3) is 10.1. The van der Waals surface area contributed by atoms with Gasteiger partial charge in [-0.3, -0.25) is 9.59 Å². The molecule has 1 rings (SSSR count). The first-order valence-electron chi connectivity index (χ1n) is 6.99. The van der Waals surface area contributed by atoms with Crippen LogP contribution >= 0.6 is 12.4 Å². The molecule has 0 aliphatic rings. The van der Waals surface area contributed by atoms with E-state index in [9.17, 15) is 9.59 Å². The van der Waals surface area contributed by atoms with E-state index in [1.54, 1.807) is 7.11 Å². The molecule has 0 aliphatic carbocycles. The van der Waals surface area contributed by atoms with Crippen LogP contribution in [0.3, 0.4) is 0 Å². The third-order valence-corrected chi connectivity index (χ3v) is 2.78. The van der Waals surface area contributed by atoms with Crippen LogP contribution in [0.1, 0.15) is 12.0 Å². The number of hydrogen-bond acceptors (Lipinski definition) is 4. The van der Waals surface area contributed by atoms with E-state index >= 15 is 0 Å². The number of carbonyl (C=O) groups is 2. The number of methoxy groups -OCH3 is 1. The van der Waals surface area contributed by atoms with Crippen LogP contribution in [0.15, 0.2) is 30.3 Å². The number of hydrogen-bond donors (Lipinski definition) is 3. The van der Waals surface area contributed by atoms with Crippen LogP contribution in [0.5, 0.6) is 0 Å². The van der Waals surface area contributed by atoms with Gasteiger partial charge in [0.15, 0.2) is 0 Å². The van der Waals surface area contributed by atoms with Crippen LogP contribution in [0.4, 0.5) is 0 Å². The summed E-state index contributed by atoms with van der Waals surface area (Å²) < 4.78 is 4.85. The molecule has 0 heterocycles. The van der Waals surface area contributed by atoms with Gasteiger partial charge in [-0.15, -0.1) is 12.4 Å². The van der Waals surface area contributed by atoms with Gasteiger partial charge in [-0.2, -0.15) is 0 Å². The van der Waals surface area contributed by atoms with Crippen molar-refractivity contribution in [3.63, 3.8) is 0 Å². The average Bonchev–Trinajstić information content (AvgIpc) is 2.50. The number of carbonyl (C=O) groups excluding carboxylic acids is 2. The zero-order chi connectivity index (χ0) is 15.3. The van der Waals surface area contributed by atoms with Crippen LogP contribution in [0.25, 0.3) is 0 Å². The van der Waals surface area contributed by atoms with Crippen LogP contribution in [-0.2, 0) is 20.9 Å². The van der Waals surface area contributed by atoms with Crippen molar-refractivity contribution in [2.24, 2.45) is 0 Å².